The monoisotopic (exact) mass is 481 g/mol. The van der Waals surface area contributed by atoms with Crippen LogP contribution in [0.1, 0.15) is 34.9 Å². The van der Waals surface area contributed by atoms with Gasteiger partial charge < -0.3 is 10.6 Å². The number of fused-ring (bicyclic) bond motifs is 1. The van der Waals surface area contributed by atoms with Crippen molar-refractivity contribution in [3.05, 3.63) is 52.1 Å². The van der Waals surface area contributed by atoms with E-state index in [-0.39, 0.29) is 5.91 Å². The second kappa shape index (κ2) is 10.3. The Hall–Kier alpha value is -2.95. The van der Waals surface area contributed by atoms with Crippen molar-refractivity contribution in [1.82, 2.24) is 29.7 Å². The fourth-order valence-corrected chi connectivity index (χ4v) is 5.32. The minimum Gasteiger partial charge on any atom is -0.383 e. The number of hydrogen-bond acceptors (Lipinski definition) is 9. The molecule has 10 heteroatoms. The lowest BCUT2D eigenvalue weighted by Gasteiger charge is -2.34. The van der Waals surface area contributed by atoms with Gasteiger partial charge in [0.1, 0.15) is 10.6 Å². The van der Waals surface area contributed by atoms with Crippen LogP contribution in [0.4, 0.5) is 5.82 Å². The van der Waals surface area contributed by atoms with Gasteiger partial charge in [-0.2, -0.15) is 0 Å². The van der Waals surface area contributed by atoms with Gasteiger partial charge in [-0.15, -0.1) is 22.7 Å². The SMILES string of the molecule is CC.Cc1csc(-c2nc(N)c3cc(C(=O)N4CCN(Cc5ccccn5)CC4)sc3n2)n1. The average Bonchev–Trinajstić information content (AvgIpc) is 3.48. The molecule has 0 saturated carbocycles. The quantitative estimate of drug-likeness (QED) is 0.468. The van der Waals surface area contributed by atoms with Crippen LogP contribution in [0.15, 0.2) is 35.8 Å². The van der Waals surface area contributed by atoms with E-state index in [1.54, 1.807) is 0 Å². The van der Waals surface area contributed by atoms with Crippen molar-refractivity contribution < 1.29 is 4.79 Å². The van der Waals surface area contributed by atoms with Crippen LogP contribution in [0.3, 0.4) is 0 Å². The number of carbonyl (C=O) groups excluding carboxylic acids is 1. The van der Waals surface area contributed by atoms with Crippen molar-refractivity contribution in [2.45, 2.75) is 27.3 Å². The van der Waals surface area contributed by atoms with Crippen molar-refractivity contribution in [3.8, 4) is 10.8 Å². The van der Waals surface area contributed by atoms with Crippen molar-refractivity contribution in [2.75, 3.05) is 31.9 Å². The molecule has 1 aliphatic heterocycles. The maximum Gasteiger partial charge on any atom is 0.264 e. The first-order chi connectivity index (χ1) is 16.1. The van der Waals surface area contributed by atoms with Crippen molar-refractivity contribution in [3.63, 3.8) is 0 Å². The van der Waals surface area contributed by atoms with Crippen LogP contribution in [0, 0.1) is 6.92 Å². The number of nitrogen functional groups attached to an aromatic ring is 1. The Labute approximate surface area is 201 Å². The largest absolute Gasteiger partial charge is 0.383 e. The van der Waals surface area contributed by atoms with Gasteiger partial charge in [0.2, 0.25) is 0 Å². The summed E-state index contributed by atoms with van der Waals surface area (Å²) >= 11 is 2.85. The van der Waals surface area contributed by atoms with Crippen molar-refractivity contribution >= 4 is 44.6 Å². The molecule has 5 heterocycles. The molecule has 1 fully saturated rings. The summed E-state index contributed by atoms with van der Waals surface area (Å²) in [7, 11) is 0. The first-order valence-electron chi connectivity index (χ1n) is 11.0. The molecule has 4 aromatic rings. The van der Waals surface area contributed by atoms with E-state index < -0.39 is 0 Å². The van der Waals surface area contributed by atoms with Crippen LogP contribution in [0.5, 0.6) is 0 Å². The predicted octanol–water partition coefficient (Wildman–Crippen LogP) is 4.08. The normalized spacial score (nSPS) is 14.2. The van der Waals surface area contributed by atoms with Gasteiger partial charge in [-0.25, -0.2) is 15.0 Å². The third-order valence-electron chi connectivity index (χ3n) is 5.21. The minimum atomic E-state index is 0.0199. The Morgan fingerprint density at radius 2 is 1.91 bits per heavy atom. The molecule has 172 valence electrons. The number of aryl methyl sites for hydroxylation is 1. The van der Waals surface area contributed by atoms with E-state index in [1.165, 1.54) is 22.7 Å². The second-order valence-electron chi connectivity index (χ2n) is 7.45. The van der Waals surface area contributed by atoms with E-state index in [4.69, 9.17) is 5.73 Å². The zero-order valence-corrected chi connectivity index (χ0v) is 20.6. The molecule has 1 aliphatic rings. The summed E-state index contributed by atoms with van der Waals surface area (Å²) in [6.07, 6.45) is 1.81. The van der Waals surface area contributed by atoms with Crippen LogP contribution < -0.4 is 5.73 Å². The van der Waals surface area contributed by atoms with E-state index >= 15 is 0 Å². The van der Waals surface area contributed by atoms with Crippen LogP contribution >= 0.6 is 22.7 Å². The lowest BCUT2D eigenvalue weighted by Crippen LogP contribution is -2.48. The highest BCUT2D eigenvalue weighted by Gasteiger charge is 2.25. The van der Waals surface area contributed by atoms with Gasteiger partial charge in [0.25, 0.3) is 5.91 Å². The molecule has 8 nitrogen and oxygen atoms in total. The first-order valence-corrected chi connectivity index (χ1v) is 12.7. The molecule has 5 rings (SSSR count). The molecular formula is C23H27N7OS2. The molecule has 0 unspecified atom stereocenters. The summed E-state index contributed by atoms with van der Waals surface area (Å²) in [5, 5.41) is 3.41. The number of amides is 1. The number of nitrogens with zero attached hydrogens (tertiary/aromatic N) is 6. The van der Waals surface area contributed by atoms with Crippen LogP contribution in [-0.4, -0.2) is 61.8 Å². The minimum absolute atomic E-state index is 0.0199. The third-order valence-corrected chi connectivity index (χ3v) is 7.19. The van der Waals surface area contributed by atoms with Gasteiger partial charge in [0.15, 0.2) is 10.8 Å². The number of aromatic nitrogens is 4. The Morgan fingerprint density at radius 1 is 1.12 bits per heavy atom. The van der Waals surface area contributed by atoms with Gasteiger partial charge in [-0.1, -0.05) is 19.9 Å². The summed E-state index contributed by atoms with van der Waals surface area (Å²) in [6, 6.07) is 7.76. The topological polar surface area (TPSA) is 101 Å². The second-order valence-corrected chi connectivity index (χ2v) is 9.33. The van der Waals surface area contributed by atoms with E-state index in [0.29, 0.717) is 34.4 Å². The van der Waals surface area contributed by atoms with Gasteiger partial charge in [-0.3, -0.25) is 14.7 Å². The number of hydrogen-bond donors (Lipinski definition) is 1. The number of thiophene rings is 1. The molecule has 1 amide bonds. The highest BCUT2D eigenvalue weighted by molar-refractivity contribution is 7.20. The number of rotatable bonds is 4. The average molecular weight is 482 g/mol. The number of piperazine rings is 1. The van der Waals surface area contributed by atoms with Crippen molar-refractivity contribution in [2.24, 2.45) is 0 Å². The Kier molecular flexibility index (Phi) is 7.26. The number of carbonyl (C=O) groups is 1. The molecular weight excluding hydrogens is 454 g/mol. The molecule has 4 aromatic heterocycles. The van der Waals surface area contributed by atoms with E-state index in [0.717, 1.165) is 41.4 Å². The summed E-state index contributed by atoms with van der Waals surface area (Å²) in [5.41, 5.74) is 8.15. The smallest absolute Gasteiger partial charge is 0.264 e. The Morgan fingerprint density at radius 3 is 2.58 bits per heavy atom. The standard InChI is InChI=1S/C21H21N7OS2.C2H6/c1-13-12-30-20(24-13)18-25-17(22)15-10-16(31-19(15)26-18)21(29)28-8-6-27(7-9-28)11-14-4-2-3-5-23-14;1-2/h2-5,10,12H,6-9,11H2,1H3,(H2,22,25,26);1-2H3. The summed E-state index contributed by atoms with van der Waals surface area (Å²) in [5.74, 6) is 0.905. The highest BCUT2D eigenvalue weighted by Crippen LogP contribution is 2.31. The lowest BCUT2D eigenvalue weighted by molar-refractivity contribution is 0.0632. The molecule has 1 saturated heterocycles. The van der Waals surface area contributed by atoms with Crippen LogP contribution in [-0.2, 0) is 6.54 Å². The predicted molar refractivity (Wildman–Crippen MR) is 134 cm³/mol. The molecule has 2 N–H and O–H groups in total. The maximum atomic E-state index is 13.1. The number of nitrogens with two attached hydrogens (primary N) is 1. The highest BCUT2D eigenvalue weighted by atomic mass is 32.1. The third kappa shape index (κ3) is 5.18. The van der Waals surface area contributed by atoms with Crippen LogP contribution in [0.25, 0.3) is 21.0 Å². The molecule has 0 radical (unpaired) electrons. The molecule has 0 aromatic carbocycles. The number of anilines is 1. The number of thiazole rings is 1. The fraction of sp³-hybridized carbons (Fsp3) is 0.348. The molecule has 0 aliphatic carbocycles. The van der Waals surface area contributed by atoms with Gasteiger partial charge >= 0.3 is 0 Å². The van der Waals surface area contributed by atoms with Crippen LogP contribution in [0.2, 0.25) is 0 Å². The summed E-state index contributed by atoms with van der Waals surface area (Å²) in [6.45, 7) is 9.75. The first kappa shape index (κ1) is 23.2. The van der Waals surface area contributed by atoms with E-state index in [1.807, 2.05) is 61.5 Å². The molecule has 0 spiro atoms. The summed E-state index contributed by atoms with van der Waals surface area (Å²) in [4.78, 5) is 36.5. The lowest BCUT2D eigenvalue weighted by atomic mass is 10.2. The molecule has 0 atom stereocenters. The van der Waals surface area contributed by atoms with Gasteiger partial charge in [-0.05, 0) is 25.1 Å². The Balaban J connectivity index is 0.00000126. The Bertz CT molecular complexity index is 1230. The fourth-order valence-electron chi connectivity index (χ4n) is 3.59. The van der Waals surface area contributed by atoms with E-state index in [2.05, 4.69) is 24.8 Å². The summed E-state index contributed by atoms with van der Waals surface area (Å²) < 4.78 is 0. The zero-order chi connectivity index (χ0) is 23.4. The van der Waals surface area contributed by atoms with Gasteiger partial charge in [0, 0.05) is 50.0 Å². The molecule has 33 heavy (non-hydrogen) atoms. The van der Waals surface area contributed by atoms with Crippen molar-refractivity contribution in [1.29, 1.82) is 0 Å². The zero-order valence-electron chi connectivity index (χ0n) is 19.0. The number of pyridine rings is 1. The maximum absolute atomic E-state index is 13.1. The van der Waals surface area contributed by atoms with Gasteiger partial charge in [0.05, 0.1) is 16.0 Å². The molecule has 0 bridgehead atoms. The van der Waals surface area contributed by atoms with E-state index in [9.17, 15) is 4.79 Å².